The van der Waals surface area contributed by atoms with Crippen molar-refractivity contribution in [3.63, 3.8) is 0 Å². The van der Waals surface area contributed by atoms with Crippen LogP contribution in [-0.2, 0) is 4.74 Å². The molecule has 216 valence electrons. The third-order valence-corrected chi connectivity index (χ3v) is 16.4. The molecule has 0 N–H and O–H groups in total. The zero-order valence-electron chi connectivity index (χ0n) is 25.9. The van der Waals surface area contributed by atoms with Crippen LogP contribution in [0.25, 0.3) is 0 Å². The summed E-state index contributed by atoms with van der Waals surface area (Å²) in [5, 5.41) is 0. The second kappa shape index (κ2) is 8.89. The first kappa shape index (κ1) is 25.9. The molecule has 1 heteroatoms. The summed E-state index contributed by atoms with van der Waals surface area (Å²) >= 11 is 0. The molecule has 39 heavy (non-hydrogen) atoms. The smallest absolute Gasteiger partial charge is 0.106 e. The maximum absolute atomic E-state index is 7.26. The van der Waals surface area contributed by atoms with E-state index in [1.54, 1.807) is 0 Å². The standard InChI is InChI=1S/C38H58O/c1-35-21-7-5-9-25(35)11-13-27-29-15-17-33(37(29,3)23-19-31(27)35)39-34-18-16-30-28-14-12-26-10-6-8-22-36(26,2)32(28)20-24-38(30,34)4/h17-18,25-32H,5-16,19-24H2,1-4H3/t25?,26?,27-,28-,29-,30-,31-,32-,35-,36-,37-,38-/m0/s1. The van der Waals surface area contributed by atoms with Gasteiger partial charge in [-0.25, -0.2) is 0 Å². The predicted molar refractivity (Wildman–Crippen MR) is 161 cm³/mol. The van der Waals surface area contributed by atoms with Crippen LogP contribution in [0, 0.1) is 69.0 Å². The molecule has 0 saturated heterocycles. The fourth-order valence-electron chi connectivity index (χ4n) is 14.1. The molecular formula is C38H58O. The Morgan fingerprint density at radius 2 is 0.974 bits per heavy atom. The largest absolute Gasteiger partial charge is 0.466 e. The number of fused-ring (bicyclic) bond motifs is 10. The highest BCUT2D eigenvalue weighted by atomic mass is 16.5. The zero-order chi connectivity index (χ0) is 26.6. The first-order chi connectivity index (χ1) is 18.8. The summed E-state index contributed by atoms with van der Waals surface area (Å²) in [7, 11) is 0. The summed E-state index contributed by atoms with van der Waals surface area (Å²) in [5.41, 5.74) is 1.82. The van der Waals surface area contributed by atoms with Crippen LogP contribution < -0.4 is 0 Å². The van der Waals surface area contributed by atoms with Crippen molar-refractivity contribution in [1.82, 2.24) is 0 Å². The Labute approximate surface area is 240 Å². The van der Waals surface area contributed by atoms with Crippen LogP contribution in [0.4, 0.5) is 0 Å². The molecule has 0 radical (unpaired) electrons. The fourth-order valence-corrected chi connectivity index (χ4v) is 14.1. The maximum Gasteiger partial charge on any atom is 0.106 e. The molecule has 6 saturated carbocycles. The summed E-state index contributed by atoms with van der Waals surface area (Å²) in [6.07, 6.45) is 31.4. The third-order valence-electron chi connectivity index (χ3n) is 16.4. The van der Waals surface area contributed by atoms with Crippen molar-refractivity contribution in [2.75, 3.05) is 0 Å². The Morgan fingerprint density at radius 3 is 1.44 bits per heavy atom. The molecule has 0 aromatic rings. The Bertz CT molecular complexity index is 971. The lowest BCUT2D eigenvalue weighted by Gasteiger charge is -2.60. The van der Waals surface area contributed by atoms with Crippen molar-refractivity contribution in [2.24, 2.45) is 69.0 Å². The number of allylic oxidation sites excluding steroid dienone is 4. The van der Waals surface area contributed by atoms with Crippen LogP contribution in [0.2, 0.25) is 0 Å². The van der Waals surface area contributed by atoms with Gasteiger partial charge in [0.05, 0.1) is 0 Å². The molecule has 8 aliphatic rings. The van der Waals surface area contributed by atoms with E-state index in [2.05, 4.69) is 39.8 Å². The van der Waals surface area contributed by atoms with E-state index in [4.69, 9.17) is 4.74 Å². The van der Waals surface area contributed by atoms with Gasteiger partial charge in [-0.1, -0.05) is 53.4 Å². The number of hydrogen-bond acceptors (Lipinski definition) is 1. The molecule has 1 nitrogen and oxygen atoms in total. The van der Waals surface area contributed by atoms with Gasteiger partial charge in [0, 0.05) is 10.8 Å². The number of rotatable bonds is 2. The molecule has 0 amide bonds. The Balaban J connectivity index is 0.997. The van der Waals surface area contributed by atoms with E-state index in [0.29, 0.717) is 10.8 Å². The average molecular weight is 531 g/mol. The Kier molecular flexibility index (Phi) is 5.92. The van der Waals surface area contributed by atoms with Crippen molar-refractivity contribution in [3.05, 3.63) is 23.7 Å². The topological polar surface area (TPSA) is 9.23 Å². The van der Waals surface area contributed by atoms with Crippen LogP contribution in [0.5, 0.6) is 0 Å². The summed E-state index contributed by atoms with van der Waals surface area (Å²) in [4.78, 5) is 0. The molecule has 0 spiro atoms. The highest BCUT2D eigenvalue weighted by Gasteiger charge is 2.61. The van der Waals surface area contributed by atoms with Crippen molar-refractivity contribution in [3.8, 4) is 0 Å². The van der Waals surface area contributed by atoms with Gasteiger partial charge in [0.25, 0.3) is 0 Å². The highest BCUT2D eigenvalue weighted by molar-refractivity contribution is 5.28. The van der Waals surface area contributed by atoms with E-state index in [-0.39, 0.29) is 10.8 Å². The van der Waals surface area contributed by atoms with Gasteiger partial charge < -0.3 is 4.74 Å². The van der Waals surface area contributed by atoms with Gasteiger partial charge in [0.2, 0.25) is 0 Å². The normalized spacial score (nSPS) is 56.1. The lowest BCUT2D eigenvalue weighted by molar-refractivity contribution is -0.113. The maximum atomic E-state index is 7.26. The Hall–Kier alpha value is -0.720. The molecule has 12 atom stereocenters. The second-order valence-corrected chi connectivity index (χ2v) is 17.4. The summed E-state index contributed by atoms with van der Waals surface area (Å²) < 4.78 is 7.26. The second-order valence-electron chi connectivity index (χ2n) is 17.4. The molecule has 8 aliphatic carbocycles. The molecule has 0 aliphatic heterocycles. The van der Waals surface area contributed by atoms with Crippen LogP contribution in [0.3, 0.4) is 0 Å². The van der Waals surface area contributed by atoms with Crippen LogP contribution in [0.1, 0.15) is 143 Å². The van der Waals surface area contributed by atoms with Crippen molar-refractivity contribution in [1.29, 1.82) is 0 Å². The minimum absolute atomic E-state index is 0.277. The number of ether oxygens (including phenoxy) is 1. The SMILES string of the molecule is C[C@]12CCCCC1CC[C@@H]1[C@@H]2CC[C@]2(C)C(OC3=CC[C@H]4[C@@H]5CCC6CCCC[C@]6(C)[C@H]5CC[C@]34C)=CC[C@@H]12. The average Bonchev–Trinajstić information content (AvgIpc) is 3.44. The first-order valence-electron chi connectivity index (χ1n) is 17.9. The van der Waals surface area contributed by atoms with E-state index in [1.807, 2.05) is 0 Å². The van der Waals surface area contributed by atoms with Gasteiger partial charge in [0.15, 0.2) is 0 Å². The van der Waals surface area contributed by atoms with E-state index >= 15 is 0 Å². The molecule has 8 rings (SSSR count). The van der Waals surface area contributed by atoms with Crippen molar-refractivity contribution < 1.29 is 4.74 Å². The fraction of sp³-hybridized carbons (Fsp3) is 0.895. The zero-order valence-corrected chi connectivity index (χ0v) is 25.9. The van der Waals surface area contributed by atoms with Crippen molar-refractivity contribution in [2.45, 2.75) is 143 Å². The molecule has 0 aromatic heterocycles. The Morgan fingerprint density at radius 1 is 0.513 bits per heavy atom. The molecule has 2 unspecified atom stereocenters. The minimum atomic E-state index is 0.277. The van der Waals surface area contributed by atoms with Crippen LogP contribution in [-0.4, -0.2) is 0 Å². The summed E-state index contributed by atoms with van der Waals surface area (Å²) in [6, 6.07) is 0. The van der Waals surface area contributed by atoms with Crippen LogP contribution >= 0.6 is 0 Å². The molecule has 0 aromatic carbocycles. The lowest BCUT2D eigenvalue weighted by Crippen LogP contribution is -2.53. The minimum Gasteiger partial charge on any atom is -0.466 e. The van der Waals surface area contributed by atoms with Gasteiger partial charge in [-0.2, -0.15) is 0 Å². The molecular weight excluding hydrogens is 472 g/mol. The molecule has 0 heterocycles. The van der Waals surface area contributed by atoms with Gasteiger partial charge in [-0.3, -0.25) is 0 Å². The monoisotopic (exact) mass is 530 g/mol. The van der Waals surface area contributed by atoms with Crippen LogP contribution in [0.15, 0.2) is 23.7 Å². The van der Waals surface area contributed by atoms with E-state index < -0.39 is 0 Å². The highest BCUT2D eigenvalue weighted by Crippen LogP contribution is 2.69. The predicted octanol–water partition coefficient (Wildman–Crippen LogP) is 10.9. The van der Waals surface area contributed by atoms with Gasteiger partial charge in [-0.15, -0.1) is 0 Å². The summed E-state index contributed by atoms with van der Waals surface area (Å²) in [5.74, 6) is 10.3. The summed E-state index contributed by atoms with van der Waals surface area (Å²) in [6.45, 7) is 10.7. The molecule has 6 fully saturated rings. The van der Waals surface area contributed by atoms with Gasteiger partial charge in [0.1, 0.15) is 11.5 Å². The van der Waals surface area contributed by atoms with E-state index in [0.717, 1.165) is 47.3 Å². The lowest BCUT2D eigenvalue weighted by atomic mass is 9.45. The van der Waals surface area contributed by atoms with E-state index in [1.165, 1.54) is 127 Å². The van der Waals surface area contributed by atoms with Gasteiger partial charge in [-0.05, 0) is 160 Å². The third kappa shape index (κ3) is 3.49. The van der Waals surface area contributed by atoms with E-state index in [9.17, 15) is 0 Å². The number of hydrogen-bond donors (Lipinski definition) is 0. The molecule has 0 bridgehead atoms. The quantitative estimate of drug-likeness (QED) is 0.345. The first-order valence-corrected chi connectivity index (χ1v) is 17.9. The van der Waals surface area contributed by atoms with Gasteiger partial charge >= 0.3 is 0 Å². The van der Waals surface area contributed by atoms with Crippen molar-refractivity contribution >= 4 is 0 Å².